The molecule has 2 N–H and O–H groups in total. The van der Waals surface area contributed by atoms with Gasteiger partial charge in [-0.3, -0.25) is 4.68 Å². The maximum absolute atomic E-state index is 4.17. The van der Waals surface area contributed by atoms with Gasteiger partial charge in [-0.25, -0.2) is 15.0 Å². The maximum Gasteiger partial charge on any atom is 0.169 e. The molecule has 0 unspecified atom stereocenters. The van der Waals surface area contributed by atoms with E-state index in [1.54, 1.807) is 18.1 Å². The van der Waals surface area contributed by atoms with Gasteiger partial charge in [-0.05, 0) is 15.9 Å². The van der Waals surface area contributed by atoms with Crippen LogP contribution in [0.1, 0.15) is 5.82 Å². The largest absolute Gasteiger partial charge is 0.372 e. The summed E-state index contributed by atoms with van der Waals surface area (Å²) >= 11 is 3.42. The van der Waals surface area contributed by atoms with Crippen molar-refractivity contribution in [3.8, 4) is 0 Å². The van der Waals surface area contributed by atoms with Gasteiger partial charge in [0, 0.05) is 14.1 Å². The summed E-state index contributed by atoms with van der Waals surface area (Å²) in [6, 6.07) is 0. The highest BCUT2D eigenvalue weighted by Gasteiger charge is 2.07. The first kappa shape index (κ1) is 11.8. The van der Waals surface area contributed by atoms with E-state index in [1.165, 1.54) is 6.33 Å². The fourth-order valence-corrected chi connectivity index (χ4v) is 1.84. The molecule has 0 aromatic carbocycles. The molecule has 0 saturated heterocycles. The lowest BCUT2D eigenvalue weighted by molar-refractivity contribution is 0.747. The van der Waals surface area contributed by atoms with Gasteiger partial charge in [-0.2, -0.15) is 5.10 Å². The van der Waals surface area contributed by atoms with E-state index in [9.17, 15) is 0 Å². The zero-order valence-corrected chi connectivity index (χ0v) is 11.1. The first-order chi connectivity index (χ1) is 8.20. The van der Waals surface area contributed by atoms with Gasteiger partial charge in [-0.1, -0.05) is 0 Å². The van der Waals surface area contributed by atoms with Gasteiger partial charge in [-0.15, -0.1) is 0 Å². The van der Waals surface area contributed by atoms with Crippen LogP contribution < -0.4 is 10.6 Å². The van der Waals surface area contributed by atoms with Crippen LogP contribution in [-0.4, -0.2) is 31.8 Å². The molecule has 2 heterocycles. The van der Waals surface area contributed by atoms with E-state index in [2.05, 4.69) is 46.6 Å². The minimum atomic E-state index is 0.513. The third-order valence-corrected chi connectivity index (χ3v) is 2.84. The van der Waals surface area contributed by atoms with E-state index in [0.29, 0.717) is 18.2 Å². The van der Waals surface area contributed by atoms with Crippen molar-refractivity contribution in [2.45, 2.75) is 6.54 Å². The first-order valence-electron chi connectivity index (χ1n) is 4.97. The molecular weight excluding hydrogens is 286 g/mol. The Balaban J connectivity index is 2.09. The summed E-state index contributed by atoms with van der Waals surface area (Å²) in [5.74, 6) is 2.15. The molecule has 0 atom stereocenters. The minimum absolute atomic E-state index is 0.513. The standard InChI is InChI=1S/C9H12BrN7/c1-11-8-7(10)9(14-4-13-8)12-3-6-15-5-17(2)16-6/h4-5H,3H2,1-2H3,(H2,11,12,13,14). The topological polar surface area (TPSA) is 80.5 Å². The number of aryl methyl sites for hydroxylation is 1. The number of hydrogen-bond acceptors (Lipinski definition) is 6. The van der Waals surface area contributed by atoms with Gasteiger partial charge in [0.1, 0.15) is 28.8 Å². The van der Waals surface area contributed by atoms with E-state index in [1.807, 2.05) is 7.05 Å². The lowest BCUT2D eigenvalue weighted by Gasteiger charge is -2.08. The monoisotopic (exact) mass is 297 g/mol. The summed E-state index contributed by atoms with van der Waals surface area (Å²) in [6.07, 6.45) is 3.15. The number of halogens is 1. The van der Waals surface area contributed by atoms with Gasteiger partial charge in [0.25, 0.3) is 0 Å². The quantitative estimate of drug-likeness (QED) is 0.877. The second-order valence-corrected chi connectivity index (χ2v) is 4.12. The average molecular weight is 298 g/mol. The molecule has 2 aromatic heterocycles. The molecule has 0 aliphatic carbocycles. The highest BCUT2D eigenvalue weighted by Crippen LogP contribution is 2.25. The van der Waals surface area contributed by atoms with E-state index < -0.39 is 0 Å². The Bertz CT molecular complexity index is 510. The second-order valence-electron chi connectivity index (χ2n) is 3.32. The molecule has 0 radical (unpaired) electrons. The molecule has 0 aliphatic heterocycles. The summed E-state index contributed by atoms with van der Waals surface area (Å²) in [5.41, 5.74) is 0. The fraction of sp³-hybridized carbons (Fsp3) is 0.333. The van der Waals surface area contributed by atoms with Gasteiger partial charge >= 0.3 is 0 Å². The molecule has 7 nitrogen and oxygen atoms in total. The lowest BCUT2D eigenvalue weighted by atomic mass is 10.5. The summed E-state index contributed by atoms with van der Waals surface area (Å²) in [6.45, 7) is 0.513. The Labute approximate surface area is 107 Å². The van der Waals surface area contributed by atoms with Crippen molar-refractivity contribution in [3.05, 3.63) is 23.0 Å². The van der Waals surface area contributed by atoms with Crippen molar-refractivity contribution in [2.24, 2.45) is 7.05 Å². The zero-order valence-electron chi connectivity index (χ0n) is 9.48. The molecule has 0 amide bonds. The van der Waals surface area contributed by atoms with Crippen molar-refractivity contribution in [2.75, 3.05) is 17.7 Å². The van der Waals surface area contributed by atoms with Crippen molar-refractivity contribution >= 4 is 27.6 Å². The Morgan fingerprint density at radius 3 is 2.71 bits per heavy atom. The van der Waals surface area contributed by atoms with E-state index in [-0.39, 0.29) is 0 Å². The van der Waals surface area contributed by atoms with Gasteiger partial charge < -0.3 is 10.6 Å². The van der Waals surface area contributed by atoms with Gasteiger partial charge in [0.2, 0.25) is 0 Å². The first-order valence-corrected chi connectivity index (χ1v) is 5.76. The molecule has 0 bridgehead atoms. The maximum atomic E-state index is 4.17. The fourth-order valence-electron chi connectivity index (χ4n) is 1.30. The normalized spacial score (nSPS) is 10.3. The molecular formula is C9H12BrN7. The summed E-state index contributed by atoms with van der Waals surface area (Å²) < 4.78 is 2.45. The Morgan fingerprint density at radius 2 is 2.06 bits per heavy atom. The summed E-state index contributed by atoms with van der Waals surface area (Å²) in [4.78, 5) is 12.3. The number of rotatable bonds is 4. The number of aromatic nitrogens is 5. The molecule has 8 heteroatoms. The van der Waals surface area contributed by atoms with Crippen LogP contribution in [0, 0.1) is 0 Å². The third kappa shape index (κ3) is 2.70. The molecule has 0 spiro atoms. The van der Waals surface area contributed by atoms with Crippen molar-refractivity contribution in [3.63, 3.8) is 0 Å². The van der Waals surface area contributed by atoms with E-state index in [0.717, 1.165) is 10.3 Å². The third-order valence-electron chi connectivity index (χ3n) is 2.09. The predicted octanol–water partition coefficient (Wildman–Crippen LogP) is 1.02. The molecule has 0 aliphatic rings. The number of nitrogens with zero attached hydrogens (tertiary/aromatic N) is 5. The van der Waals surface area contributed by atoms with Crippen LogP contribution in [0.25, 0.3) is 0 Å². The predicted molar refractivity (Wildman–Crippen MR) is 67.6 cm³/mol. The summed E-state index contributed by atoms with van der Waals surface area (Å²) in [7, 11) is 3.63. The SMILES string of the molecule is CNc1ncnc(NCc2ncn(C)n2)c1Br. The van der Waals surface area contributed by atoms with Crippen LogP contribution in [-0.2, 0) is 13.6 Å². The van der Waals surface area contributed by atoms with E-state index >= 15 is 0 Å². The van der Waals surface area contributed by atoms with Gasteiger partial charge in [0.05, 0.1) is 6.54 Å². The van der Waals surface area contributed by atoms with Crippen LogP contribution in [0.5, 0.6) is 0 Å². The second kappa shape index (κ2) is 5.09. The Kier molecular flexibility index (Phi) is 3.52. The average Bonchev–Trinajstić information content (AvgIpc) is 2.74. The lowest BCUT2D eigenvalue weighted by Crippen LogP contribution is -2.06. The van der Waals surface area contributed by atoms with Gasteiger partial charge in [0.15, 0.2) is 5.82 Å². The van der Waals surface area contributed by atoms with Crippen LogP contribution in [0.3, 0.4) is 0 Å². The van der Waals surface area contributed by atoms with Crippen molar-refractivity contribution < 1.29 is 0 Å². The minimum Gasteiger partial charge on any atom is -0.372 e. The van der Waals surface area contributed by atoms with Crippen molar-refractivity contribution in [1.29, 1.82) is 0 Å². The highest BCUT2D eigenvalue weighted by molar-refractivity contribution is 9.10. The number of nitrogens with one attached hydrogen (secondary N) is 2. The zero-order chi connectivity index (χ0) is 12.3. The molecule has 2 rings (SSSR count). The van der Waals surface area contributed by atoms with Crippen LogP contribution in [0.15, 0.2) is 17.1 Å². The Hall–Kier alpha value is -1.70. The molecule has 2 aromatic rings. The molecule has 17 heavy (non-hydrogen) atoms. The smallest absolute Gasteiger partial charge is 0.169 e. The van der Waals surface area contributed by atoms with Crippen LogP contribution in [0.2, 0.25) is 0 Å². The highest BCUT2D eigenvalue weighted by atomic mass is 79.9. The molecule has 90 valence electrons. The molecule has 0 fully saturated rings. The van der Waals surface area contributed by atoms with E-state index in [4.69, 9.17) is 0 Å². The number of hydrogen-bond donors (Lipinski definition) is 2. The number of anilines is 2. The van der Waals surface area contributed by atoms with Crippen LogP contribution in [0.4, 0.5) is 11.6 Å². The summed E-state index contributed by atoms with van der Waals surface area (Å²) in [5, 5.41) is 10.3. The van der Waals surface area contributed by atoms with Crippen molar-refractivity contribution in [1.82, 2.24) is 24.7 Å². The Morgan fingerprint density at radius 1 is 1.29 bits per heavy atom. The molecule has 0 saturated carbocycles. The van der Waals surface area contributed by atoms with Crippen LogP contribution >= 0.6 is 15.9 Å².